The van der Waals surface area contributed by atoms with Crippen LogP contribution < -0.4 is 0 Å². The van der Waals surface area contributed by atoms with Crippen molar-refractivity contribution in [2.75, 3.05) is 46.4 Å². The summed E-state index contributed by atoms with van der Waals surface area (Å²) in [6.45, 7) is 6.51. The predicted molar refractivity (Wildman–Crippen MR) is 87.9 cm³/mol. The van der Waals surface area contributed by atoms with Gasteiger partial charge in [-0.2, -0.15) is 0 Å². The smallest absolute Gasteiger partial charge is 0.123 e. The summed E-state index contributed by atoms with van der Waals surface area (Å²) in [5, 5.41) is 0. The van der Waals surface area contributed by atoms with Crippen molar-refractivity contribution in [3.8, 4) is 0 Å². The summed E-state index contributed by atoms with van der Waals surface area (Å²) in [5.41, 5.74) is 1.15. The van der Waals surface area contributed by atoms with E-state index in [-0.39, 0.29) is 18.0 Å². The Kier molecular flexibility index (Phi) is 6.00. The molecule has 2 aliphatic heterocycles. The molecule has 2 saturated heterocycles. The lowest BCUT2D eigenvalue weighted by atomic mass is 10.1. The number of nitrogens with zero attached hydrogens (tertiary/aromatic N) is 2. The van der Waals surface area contributed by atoms with Crippen LogP contribution in [0.25, 0.3) is 0 Å². The molecule has 23 heavy (non-hydrogen) atoms. The summed E-state index contributed by atoms with van der Waals surface area (Å²) in [6.07, 6.45) is 2.80. The molecule has 0 aromatic heterocycles. The van der Waals surface area contributed by atoms with Crippen molar-refractivity contribution < 1.29 is 13.9 Å². The van der Waals surface area contributed by atoms with Crippen molar-refractivity contribution in [2.45, 2.75) is 31.6 Å². The number of ether oxygens (including phenoxy) is 2. The fourth-order valence-electron chi connectivity index (χ4n) is 3.35. The van der Waals surface area contributed by atoms with Crippen LogP contribution in [0.1, 0.15) is 18.4 Å². The van der Waals surface area contributed by atoms with Gasteiger partial charge in [0, 0.05) is 39.3 Å². The Hall–Kier alpha value is -1.01. The second kappa shape index (κ2) is 8.20. The summed E-state index contributed by atoms with van der Waals surface area (Å²) in [5.74, 6) is -0.176. The highest BCUT2D eigenvalue weighted by atomic mass is 19.1. The van der Waals surface area contributed by atoms with Gasteiger partial charge >= 0.3 is 0 Å². The first-order valence-electron chi connectivity index (χ1n) is 8.59. The number of likely N-dealkylation sites (N-methyl/N-ethyl adjacent to an activating group) is 1. The average molecular weight is 322 g/mol. The zero-order valence-electron chi connectivity index (χ0n) is 13.9. The first-order chi connectivity index (χ1) is 11.2. The lowest BCUT2D eigenvalue weighted by Gasteiger charge is -2.36. The van der Waals surface area contributed by atoms with Crippen molar-refractivity contribution in [3.63, 3.8) is 0 Å². The van der Waals surface area contributed by atoms with E-state index in [9.17, 15) is 4.39 Å². The van der Waals surface area contributed by atoms with Gasteiger partial charge in [0.2, 0.25) is 0 Å². The highest BCUT2D eigenvalue weighted by Crippen LogP contribution is 2.20. The van der Waals surface area contributed by atoms with Crippen molar-refractivity contribution in [1.29, 1.82) is 0 Å². The Morgan fingerprint density at radius 2 is 1.96 bits per heavy atom. The third-order valence-electron chi connectivity index (χ3n) is 4.72. The maximum atomic E-state index is 12.9. The number of hydrogen-bond acceptors (Lipinski definition) is 4. The Bertz CT molecular complexity index is 476. The molecule has 0 unspecified atom stereocenters. The molecule has 2 atom stereocenters. The van der Waals surface area contributed by atoms with Crippen LogP contribution in [-0.2, 0) is 16.0 Å². The van der Waals surface area contributed by atoms with Crippen molar-refractivity contribution in [1.82, 2.24) is 9.80 Å². The summed E-state index contributed by atoms with van der Waals surface area (Å²) in [6, 6.07) is 6.76. The molecule has 2 heterocycles. The van der Waals surface area contributed by atoms with Crippen LogP contribution in [0, 0.1) is 5.82 Å². The molecule has 0 bridgehead atoms. The normalized spacial score (nSPS) is 26.0. The minimum Gasteiger partial charge on any atom is -0.375 e. The summed E-state index contributed by atoms with van der Waals surface area (Å²) >= 11 is 0. The van der Waals surface area contributed by atoms with E-state index in [1.165, 1.54) is 12.1 Å². The van der Waals surface area contributed by atoms with E-state index >= 15 is 0 Å². The minimum atomic E-state index is -0.176. The van der Waals surface area contributed by atoms with Crippen LogP contribution in [0.15, 0.2) is 24.3 Å². The van der Waals surface area contributed by atoms with E-state index in [1.807, 2.05) is 12.1 Å². The third kappa shape index (κ3) is 4.98. The molecule has 5 heteroatoms. The van der Waals surface area contributed by atoms with E-state index < -0.39 is 0 Å². The largest absolute Gasteiger partial charge is 0.375 e. The first-order valence-corrected chi connectivity index (χ1v) is 8.59. The first kappa shape index (κ1) is 16.8. The SMILES string of the molecule is CN(CCN1CCO[C@@H]([C@@H]2CCCO2)C1)Cc1ccc(F)cc1. The van der Waals surface area contributed by atoms with Crippen LogP contribution in [0.5, 0.6) is 0 Å². The molecule has 3 rings (SSSR count). The Morgan fingerprint density at radius 1 is 1.17 bits per heavy atom. The highest BCUT2D eigenvalue weighted by molar-refractivity contribution is 5.15. The summed E-state index contributed by atoms with van der Waals surface area (Å²) in [4.78, 5) is 4.75. The van der Waals surface area contributed by atoms with Gasteiger partial charge in [-0.05, 0) is 37.6 Å². The topological polar surface area (TPSA) is 24.9 Å². The molecule has 2 fully saturated rings. The fourth-order valence-corrected chi connectivity index (χ4v) is 3.35. The zero-order valence-corrected chi connectivity index (χ0v) is 13.9. The number of benzene rings is 1. The molecule has 0 spiro atoms. The molecule has 128 valence electrons. The molecule has 1 aromatic rings. The van der Waals surface area contributed by atoms with E-state index in [0.717, 1.165) is 64.3 Å². The molecule has 1 aromatic carbocycles. The summed E-state index contributed by atoms with van der Waals surface area (Å²) in [7, 11) is 2.11. The maximum Gasteiger partial charge on any atom is 0.123 e. The maximum absolute atomic E-state index is 12.9. The molecule has 0 amide bonds. The second-order valence-electron chi connectivity index (χ2n) is 6.63. The molecule has 2 aliphatic rings. The fraction of sp³-hybridized carbons (Fsp3) is 0.667. The Morgan fingerprint density at radius 3 is 2.70 bits per heavy atom. The summed E-state index contributed by atoms with van der Waals surface area (Å²) < 4.78 is 24.6. The van der Waals surface area contributed by atoms with Crippen LogP contribution in [0.2, 0.25) is 0 Å². The Labute approximate surface area is 138 Å². The zero-order chi connectivity index (χ0) is 16.1. The van der Waals surface area contributed by atoms with E-state index in [4.69, 9.17) is 9.47 Å². The van der Waals surface area contributed by atoms with E-state index in [0.29, 0.717) is 0 Å². The van der Waals surface area contributed by atoms with Gasteiger partial charge in [0.15, 0.2) is 0 Å². The molecule has 4 nitrogen and oxygen atoms in total. The van der Waals surface area contributed by atoms with Gasteiger partial charge in [-0.15, -0.1) is 0 Å². The van der Waals surface area contributed by atoms with Gasteiger partial charge in [-0.25, -0.2) is 4.39 Å². The predicted octanol–water partition coefficient (Wildman–Crippen LogP) is 2.14. The molecule has 0 radical (unpaired) electrons. The lowest BCUT2D eigenvalue weighted by molar-refractivity contribution is -0.0948. The quantitative estimate of drug-likeness (QED) is 0.801. The number of halogens is 1. The van der Waals surface area contributed by atoms with Crippen molar-refractivity contribution in [3.05, 3.63) is 35.6 Å². The van der Waals surface area contributed by atoms with Gasteiger partial charge in [-0.3, -0.25) is 4.90 Å². The van der Waals surface area contributed by atoms with Crippen LogP contribution in [-0.4, -0.2) is 68.4 Å². The number of morpholine rings is 1. The van der Waals surface area contributed by atoms with Gasteiger partial charge in [-0.1, -0.05) is 12.1 Å². The molecular formula is C18H27FN2O2. The van der Waals surface area contributed by atoms with Gasteiger partial charge in [0.1, 0.15) is 5.82 Å². The van der Waals surface area contributed by atoms with Crippen molar-refractivity contribution >= 4 is 0 Å². The second-order valence-corrected chi connectivity index (χ2v) is 6.63. The lowest BCUT2D eigenvalue weighted by Crippen LogP contribution is -2.49. The minimum absolute atomic E-state index is 0.176. The molecule has 0 N–H and O–H groups in total. The molecular weight excluding hydrogens is 295 g/mol. The monoisotopic (exact) mass is 322 g/mol. The van der Waals surface area contributed by atoms with Crippen molar-refractivity contribution in [2.24, 2.45) is 0 Å². The van der Waals surface area contributed by atoms with Gasteiger partial charge < -0.3 is 14.4 Å². The Balaban J connectivity index is 1.41. The van der Waals surface area contributed by atoms with Gasteiger partial charge in [0.05, 0.1) is 18.8 Å². The molecule has 0 saturated carbocycles. The van der Waals surface area contributed by atoms with E-state index in [1.54, 1.807) is 0 Å². The van der Waals surface area contributed by atoms with Crippen LogP contribution in [0.3, 0.4) is 0 Å². The van der Waals surface area contributed by atoms with Crippen LogP contribution in [0.4, 0.5) is 4.39 Å². The average Bonchev–Trinajstić information content (AvgIpc) is 3.10. The standard InChI is InChI=1S/C18H27FN2O2/c1-20(13-15-4-6-16(19)7-5-15)8-9-21-10-12-23-18(14-21)17-3-2-11-22-17/h4-7,17-18H,2-3,8-14H2,1H3/t17-,18+/m0/s1. The number of rotatable bonds is 6. The number of hydrogen-bond donors (Lipinski definition) is 0. The molecule has 0 aliphatic carbocycles. The van der Waals surface area contributed by atoms with Crippen LogP contribution >= 0.6 is 0 Å². The van der Waals surface area contributed by atoms with E-state index in [2.05, 4.69) is 16.8 Å². The highest BCUT2D eigenvalue weighted by Gasteiger charge is 2.30. The third-order valence-corrected chi connectivity index (χ3v) is 4.72. The van der Waals surface area contributed by atoms with Gasteiger partial charge in [0.25, 0.3) is 0 Å².